The van der Waals surface area contributed by atoms with Crippen molar-refractivity contribution in [3.63, 3.8) is 0 Å². The minimum absolute atomic E-state index is 0.245. The SMILES string of the molecule is CCCCCCOCC(C)(C)CNC(C)C. The zero-order valence-corrected chi connectivity index (χ0v) is 11.9. The number of hydrogen-bond donors (Lipinski definition) is 1. The summed E-state index contributed by atoms with van der Waals surface area (Å²) in [5.41, 5.74) is 0.245. The van der Waals surface area contributed by atoms with Gasteiger partial charge < -0.3 is 10.1 Å². The summed E-state index contributed by atoms with van der Waals surface area (Å²) in [5.74, 6) is 0. The number of hydrogen-bond acceptors (Lipinski definition) is 2. The standard InChI is InChI=1S/C14H31NO/c1-6-7-8-9-10-16-12-14(4,5)11-15-13(2)3/h13,15H,6-12H2,1-5H3. The molecule has 0 spiro atoms. The summed E-state index contributed by atoms with van der Waals surface area (Å²) in [4.78, 5) is 0. The summed E-state index contributed by atoms with van der Waals surface area (Å²) in [6, 6.07) is 0.559. The van der Waals surface area contributed by atoms with Crippen LogP contribution in [0.15, 0.2) is 0 Å². The highest BCUT2D eigenvalue weighted by atomic mass is 16.5. The molecule has 0 amide bonds. The molecule has 0 heterocycles. The van der Waals surface area contributed by atoms with Gasteiger partial charge in [-0.2, -0.15) is 0 Å². The first-order valence-electron chi connectivity index (χ1n) is 6.79. The van der Waals surface area contributed by atoms with Crippen molar-refractivity contribution in [2.24, 2.45) is 5.41 Å². The molecule has 0 aliphatic heterocycles. The van der Waals surface area contributed by atoms with E-state index in [1.54, 1.807) is 0 Å². The fourth-order valence-electron chi connectivity index (χ4n) is 1.51. The van der Waals surface area contributed by atoms with Crippen molar-refractivity contribution in [1.82, 2.24) is 5.32 Å². The molecule has 0 radical (unpaired) electrons. The summed E-state index contributed by atoms with van der Waals surface area (Å²) in [6.07, 6.45) is 5.15. The molecule has 2 nitrogen and oxygen atoms in total. The Morgan fingerprint density at radius 3 is 2.38 bits per heavy atom. The highest BCUT2D eigenvalue weighted by molar-refractivity contribution is 4.72. The number of rotatable bonds is 10. The van der Waals surface area contributed by atoms with Crippen LogP contribution in [0.2, 0.25) is 0 Å². The molecule has 0 aromatic rings. The Hall–Kier alpha value is -0.0800. The maximum Gasteiger partial charge on any atom is 0.0529 e. The molecule has 0 bridgehead atoms. The summed E-state index contributed by atoms with van der Waals surface area (Å²) >= 11 is 0. The van der Waals surface area contributed by atoms with Crippen LogP contribution >= 0.6 is 0 Å². The van der Waals surface area contributed by atoms with Gasteiger partial charge in [0.25, 0.3) is 0 Å². The molecule has 98 valence electrons. The van der Waals surface area contributed by atoms with E-state index in [4.69, 9.17) is 4.74 Å². The fourth-order valence-corrected chi connectivity index (χ4v) is 1.51. The first-order valence-corrected chi connectivity index (χ1v) is 6.79. The van der Waals surface area contributed by atoms with Crippen molar-refractivity contribution in [1.29, 1.82) is 0 Å². The van der Waals surface area contributed by atoms with Gasteiger partial charge in [0.05, 0.1) is 6.61 Å². The van der Waals surface area contributed by atoms with Crippen molar-refractivity contribution >= 4 is 0 Å². The van der Waals surface area contributed by atoms with E-state index in [0.29, 0.717) is 6.04 Å². The second-order valence-electron chi connectivity index (χ2n) is 5.81. The van der Waals surface area contributed by atoms with Crippen LogP contribution in [0.5, 0.6) is 0 Å². The molecule has 0 saturated carbocycles. The van der Waals surface area contributed by atoms with E-state index in [2.05, 4.69) is 39.9 Å². The highest BCUT2D eigenvalue weighted by Crippen LogP contribution is 2.14. The molecule has 0 aliphatic rings. The average Bonchev–Trinajstić information content (AvgIpc) is 2.21. The van der Waals surface area contributed by atoms with Crippen LogP contribution in [-0.2, 0) is 4.74 Å². The van der Waals surface area contributed by atoms with Crippen molar-refractivity contribution in [3.05, 3.63) is 0 Å². The summed E-state index contributed by atoms with van der Waals surface area (Å²) in [6.45, 7) is 13.9. The molecule has 16 heavy (non-hydrogen) atoms. The first-order chi connectivity index (χ1) is 7.48. The predicted octanol–water partition coefficient (Wildman–Crippen LogP) is 3.61. The molecule has 1 N–H and O–H groups in total. The number of unbranched alkanes of at least 4 members (excludes halogenated alkanes) is 3. The lowest BCUT2D eigenvalue weighted by Gasteiger charge is -2.26. The monoisotopic (exact) mass is 229 g/mol. The minimum Gasteiger partial charge on any atom is -0.381 e. The lowest BCUT2D eigenvalue weighted by molar-refractivity contribution is 0.0588. The van der Waals surface area contributed by atoms with Crippen LogP contribution in [0.25, 0.3) is 0 Å². The quantitative estimate of drug-likeness (QED) is 0.578. The number of nitrogens with one attached hydrogen (secondary N) is 1. The van der Waals surface area contributed by atoms with E-state index in [1.807, 2.05) is 0 Å². The Morgan fingerprint density at radius 1 is 1.12 bits per heavy atom. The Balaban J connectivity index is 3.42. The van der Waals surface area contributed by atoms with Gasteiger partial charge in [-0.1, -0.05) is 53.9 Å². The van der Waals surface area contributed by atoms with E-state index in [1.165, 1.54) is 25.7 Å². The van der Waals surface area contributed by atoms with Crippen molar-refractivity contribution in [2.75, 3.05) is 19.8 Å². The summed E-state index contributed by atoms with van der Waals surface area (Å²) in [7, 11) is 0. The molecule has 2 heteroatoms. The molecule has 0 aromatic carbocycles. The molecule has 0 saturated heterocycles. The van der Waals surface area contributed by atoms with Crippen molar-refractivity contribution in [3.8, 4) is 0 Å². The van der Waals surface area contributed by atoms with Gasteiger partial charge in [0.1, 0.15) is 0 Å². The van der Waals surface area contributed by atoms with Crippen LogP contribution in [0.1, 0.15) is 60.3 Å². The second-order valence-corrected chi connectivity index (χ2v) is 5.81. The topological polar surface area (TPSA) is 21.3 Å². The molecule has 0 unspecified atom stereocenters. The largest absolute Gasteiger partial charge is 0.381 e. The van der Waals surface area contributed by atoms with Gasteiger partial charge in [-0.25, -0.2) is 0 Å². The third-order valence-corrected chi connectivity index (χ3v) is 2.62. The van der Waals surface area contributed by atoms with Gasteiger partial charge in [0.15, 0.2) is 0 Å². The highest BCUT2D eigenvalue weighted by Gasteiger charge is 2.17. The Morgan fingerprint density at radius 2 is 1.81 bits per heavy atom. The van der Waals surface area contributed by atoms with Crippen LogP contribution < -0.4 is 5.32 Å². The molecule has 0 fully saturated rings. The van der Waals surface area contributed by atoms with E-state index >= 15 is 0 Å². The Kier molecular flexibility index (Phi) is 8.96. The molecule has 0 aliphatic carbocycles. The minimum atomic E-state index is 0.245. The molecular formula is C14H31NO. The second kappa shape index (κ2) is 9.00. The third kappa shape index (κ3) is 10.4. The van der Waals surface area contributed by atoms with Gasteiger partial charge in [-0.3, -0.25) is 0 Å². The molecular weight excluding hydrogens is 198 g/mol. The van der Waals surface area contributed by atoms with E-state index in [0.717, 1.165) is 19.8 Å². The zero-order chi connectivity index (χ0) is 12.4. The Bertz CT molecular complexity index is 155. The normalized spacial score (nSPS) is 12.4. The lowest BCUT2D eigenvalue weighted by atomic mass is 9.94. The maximum atomic E-state index is 5.74. The summed E-state index contributed by atoms with van der Waals surface area (Å²) < 4.78 is 5.74. The number of ether oxygens (including phenoxy) is 1. The van der Waals surface area contributed by atoms with E-state index in [-0.39, 0.29) is 5.41 Å². The van der Waals surface area contributed by atoms with Crippen molar-refractivity contribution < 1.29 is 4.74 Å². The van der Waals surface area contributed by atoms with E-state index < -0.39 is 0 Å². The van der Waals surface area contributed by atoms with Gasteiger partial charge in [-0.15, -0.1) is 0 Å². The van der Waals surface area contributed by atoms with Gasteiger partial charge in [0.2, 0.25) is 0 Å². The predicted molar refractivity (Wildman–Crippen MR) is 71.9 cm³/mol. The molecule has 0 atom stereocenters. The lowest BCUT2D eigenvalue weighted by Crippen LogP contribution is -2.36. The average molecular weight is 229 g/mol. The van der Waals surface area contributed by atoms with E-state index in [9.17, 15) is 0 Å². The van der Waals surface area contributed by atoms with Crippen LogP contribution in [0.4, 0.5) is 0 Å². The Labute approximate surface area is 102 Å². The summed E-state index contributed by atoms with van der Waals surface area (Å²) in [5, 5.41) is 3.47. The third-order valence-electron chi connectivity index (χ3n) is 2.62. The maximum absolute atomic E-state index is 5.74. The fraction of sp³-hybridized carbons (Fsp3) is 1.00. The first kappa shape index (κ1) is 15.9. The van der Waals surface area contributed by atoms with Gasteiger partial charge in [0, 0.05) is 24.6 Å². The molecule has 0 aromatic heterocycles. The molecule has 0 rings (SSSR count). The van der Waals surface area contributed by atoms with Crippen LogP contribution in [0, 0.1) is 5.41 Å². The van der Waals surface area contributed by atoms with Crippen LogP contribution in [0.3, 0.4) is 0 Å². The van der Waals surface area contributed by atoms with Gasteiger partial charge in [-0.05, 0) is 6.42 Å². The van der Waals surface area contributed by atoms with Gasteiger partial charge >= 0.3 is 0 Å². The van der Waals surface area contributed by atoms with Crippen LogP contribution in [-0.4, -0.2) is 25.8 Å². The smallest absolute Gasteiger partial charge is 0.0529 e. The zero-order valence-electron chi connectivity index (χ0n) is 11.9. The van der Waals surface area contributed by atoms with Crippen molar-refractivity contribution in [2.45, 2.75) is 66.3 Å².